The van der Waals surface area contributed by atoms with Crippen molar-refractivity contribution in [2.75, 3.05) is 5.32 Å². The van der Waals surface area contributed by atoms with E-state index in [-0.39, 0.29) is 35.9 Å². The van der Waals surface area contributed by atoms with Crippen molar-refractivity contribution in [2.45, 2.75) is 25.6 Å². The summed E-state index contributed by atoms with van der Waals surface area (Å²) in [5.74, 6) is -1.70. The van der Waals surface area contributed by atoms with Crippen molar-refractivity contribution in [1.82, 2.24) is 0 Å². The van der Waals surface area contributed by atoms with Gasteiger partial charge in [-0.05, 0) is 47.5 Å². The molecule has 0 bridgehead atoms. The van der Waals surface area contributed by atoms with Crippen molar-refractivity contribution in [3.05, 3.63) is 129 Å². The van der Waals surface area contributed by atoms with Crippen molar-refractivity contribution in [2.24, 2.45) is 0 Å². The number of benzene rings is 4. The van der Waals surface area contributed by atoms with Gasteiger partial charge in [0.25, 0.3) is 5.91 Å². The molecule has 0 heterocycles. The maximum Gasteiger partial charge on any atom is 0.530 e. The van der Waals surface area contributed by atoms with Crippen LogP contribution < -0.4 is 9.84 Å². The highest BCUT2D eigenvalue weighted by molar-refractivity contribution is 9.10. The fourth-order valence-electron chi connectivity index (χ4n) is 3.69. The normalized spacial score (nSPS) is 12.2. The first kappa shape index (κ1) is 32.3. The van der Waals surface area contributed by atoms with Crippen LogP contribution in [0.3, 0.4) is 0 Å². The van der Waals surface area contributed by atoms with Crippen LogP contribution in [0.25, 0.3) is 0 Å². The van der Waals surface area contributed by atoms with Gasteiger partial charge in [-0.25, -0.2) is 4.57 Å². The van der Waals surface area contributed by atoms with Crippen LogP contribution in [0, 0.1) is 0 Å². The van der Waals surface area contributed by atoms with Gasteiger partial charge >= 0.3 is 20.2 Å². The molecule has 0 aromatic heterocycles. The van der Waals surface area contributed by atoms with Crippen LogP contribution in [0.1, 0.15) is 32.6 Å². The molecule has 1 N–H and O–H groups in total. The Morgan fingerprint density at radius 3 is 1.81 bits per heavy atom. The summed E-state index contributed by atoms with van der Waals surface area (Å²) < 4.78 is 111. The third-order valence-electron chi connectivity index (χ3n) is 5.76. The standard InChI is InChI=1S/C29H21BrF6NO5P/c30-22-12-14-26(23(16-22)27(38)37-25-15-21(28(31,32)33)11-13-24(25)29(34,35)36)42-43(39,40-17-19-7-3-1-4-8-19)41-18-20-9-5-2-6-10-20/h1-16H,17-18H2,(H,37,38). The van der Waals surface area contributed by atoms with E-state index in [1.165, 1.54) is 12.1 Å². The lowest BCUT2D eigenvalue weighted by Gasteiger charge is -2.21. The molecule has 0 fully saturated rings. The number of phosphoric ester groups is 1. The van der Waals surface area contributed by atoms with Gasteiger partial charge in [0.05, 0.1) is 35.6 Å². The first-order valence-corrected chi connectivity index (χ1v) is 14.5. The van der Waals surface area contributed by atoms with Gasteiger partial charge in [-0.15, -0.1) is 0 Å². The van der Waals surface area contributed by atoms with Gasteiger partial charge < -0.3 is 9.84 Å². The van der Waals surface area contributed by atoms with E-state index >= 15 is 0 Å². The Morgan fingerprint density at radius 2 is 1.30 bits per heavy atom. The summed E-state index contributed by atoms with van der Waals surface area (Å²) in [4.78, 5) is 13.2. The first-order chi connectivity index (χ1) is 20.2. The van der Waals surface area contributed by atoms with Gasteiger partial charge in [-0.1, -0.05) is 76.6 Å². The number of hydrogen-bond donors (Lipinski definition) is 1. The zero-order valence-corrected chi connectivity index (χ0v) is 24.3. The number of halogens is 7. The summed E-state index contributed by atoms with van der Waals surface area (Å²) in [5, 5.41) is 1.88. The van der Waals surface area contributed by atoms with Crippen LogP contribution in [0.2, 0.25) is 0 Å². The number of rotatable bonds is 10. The molecule has 0 aliphatic rings. The van der Waals surface area contributed by atoms with Gasteiger partial charge in [-0.3, -0.25) is 13.8 Å². The highest BCUT2D eigenvalue weighted by Gasteiger charge is 2.38. The number of anilines is 1. The lowest BCUT2D eigenvalue weighted by Crippen LogP contribution is -2.19. The molecular formula is C29H21BrF6NO5P. The second-order valence-corrected chi connectivity index (χ2v) is 11.4. The summed E-state index contributed by atoms with van der Waals surface area (Å²) in [7, 11) is -4.53. The molecule has 4 aromatic carbocycles. The lowest BCUT2D eigenvalue weighted by atomic mass is 10.1. The molecule has 0 unspecified atom stereocenters. The smallest absolute Gasteiger partial charge is 0.403 e. The lowest BCUT2D eigenvalue weighted by molar-refractivity contribution is -0.140. The summed E-state index contributed by atoms with van der Waals surface area (Å²) in [6, 6.07) is 21.5. The van der Waals surface area contributed by atoms with E-state index in [9.17, 15) is 35.7 Å². The largest absolute Gasteiger partial charge is 0.530 e. The molecule has 1 amide bonds. The number of hydrogen-bond acceptors (Lipinski definition) is 5. The predicted molar refractivity (Wildman–Crippen MR) is 149 cm³/mol. The summed E-state index contributed by atoms with van der Waals surface area (Å²) in [6.07, 6.45) is -10.1. The Labute approximate surface area is 250 Å². The number of carbonyl (C=O) groups is 1. The Hall–Kier alpha value is -3.64. The van der Waals surface area contributed by atoms with E-state index in [1.807, 2.05) is 5.32 Å². The second-order valence-electron chi connectivity index (χ2n) is 8.91. The molecule has 0 saturated carbocycles. The van der Waals surface area contributed by atoms with Crippen LogP contribution in [0.4, 0.5) is 32.0 Å². The zero-order valence-electron chi connectivity index (χ0n) is 21.8. The highest BCUT2D eigenvalue weighted by atomic mass is 79.9. The molecule has 0 aliphatic heterocycles. The average molecular weight is 688 g/mol. The van der Waals surface area contributed by atoms with E-state index in [2.05, 4.69) is 15.9 Å². The minimum Gasteiger partial charge on any atom is -0.403 e. The Kier molecular flexibility index (Phi) is 10.0. The Morgan fingerprint density at radius 1 is 0.744 bits per heavy atom. The number of carbonyl (C=O) groups excluding carboxylic acids is 1. The number of phosphoric acid groups is 1. The molecule has 6 nitrogen and oxygen atoms in total. The predicted octanol–water partition coefficient (Wildman–Crippen LogP) is 9.66. The van der Waals surface area contributed by atoms with Crippen LogP contribution in [-0.4, -0.2) is 5.91 Å². The van der Waals surface area contributed by atoms with Crippen molar-refractivity contribution < 1.29 is 49.3 Å². The summed E-state index contributed by atoms with van der Waals surface area (Å²) >= 11 is 3.14. The maximum atomic E-state index is 13.8. The zero-order chi connectivity index (χ0) is 31.3. The SMILES string of the molecule is O=C(Nc1cc(C(F)(F)F)ccc1C(F)(F)F)c1cc(Br)ccc1OP(=O)(OCc1ccccc1)OCc1ccccc1. The second kappa shape index (κ2) is 13.3. The van der Waals surface area contributed by atoms with Gasteiger partial charge in [0.15, 0.2) is 0 Å². The molecule has 4 rings (SSSR count). The van der Waals surface area contributed by atoms with Crippen molar-refractivity contribution in [3.63, 3.8) is 0 Å². The topological polar surface area (TPSA) is 73.9 Å². The Bertz CT molecular complexity index is 1570. The average Bonchev–Trinajstić information content (AvgIpc) is 2.96. The molecule has 0 atom stereocenters. The minimum atomic E-state index is -5.09. The van der Waals surface area contributed by atoms with Gasteiger partial charge in [0.2, 0.25) is 0 Å². The first-order valence-electron chi connectivity index (χ1n) is 12.3. The molecule has 0 spiro atoms. The molecule has 14 heteroatoms. The number of amides is 1. The van der Waals surface area contributed by atoms with E-state index < -0.39 is 54.2 Å². The monoisotopic (exact) mass is 687 g/mol. The highest BCUT2D eigenvalue weighted by Crippen LogP contribution is 2.52. The van der Waals surface area contributed by atoms with Crippen LogP contribution in [-0.2, 0) is 39.2 Å². The molecule has 4 aromatic rings. The molecule has 0 saturated heterocycles. The molecule has 0 radical (unpaired) electrons. The van der Waals surface area contributed by atoms with E-state index in [1.54, 1.807) is 60.7 Å². The maximum absolute atomic E-state index is 13.8. The minimum absolute atomic E-state index is 0.177. The number of nitrogens with one attached hydrogen (secondary N) is 1. The van der Waals surface area contributed by atoms with E-state index in [0.29, 0.717) is 11.1 Å². The van der Waals surface area contributed by atoms with Crippen molar-refractivity contribution >= 4 is 35.3 Å². The molecular weight excluding hydrogens is 667 g/mol. The van der Waals surface area contributed by atoms with Crippen molar-refractivity contribution in [1.29, 1.82) is 0 Å². The van der Waals surface area contributed by atoms with Crippen LogP contribution in [0.5, 0.6) is 5.75 Å². The third kappa shape index (κ3) is 8.93. The van der Waals surface area contributed by atoms with Crippen LogP contribution in [0.15, 0.2) is 102 Å². The summed E-state index contributed by atoms with van der Waals surface area (Å²) in [5.41, 5.74) is -3.31. The van der Waals surface area contributed by atoms with Gasteiger partial charge in [0.1, 0.15) is 5.75 Å². The Balaban J connectivity index is 1.67. The molecule has 43 heavy (non-hydrogen) atoms. The summed E-state index contributed by atoms with van der Waals surface area (Å²) in [6.45, 7) is -0.464. The fourth-order valence-corrected chi connectivity index (χ4v) is 5.24. The van der Waals surface area contributed by atoms with Crippen LogP contribution >= 0.6 is 23.8 Å². The van der Waals surface area contributed by atoms with Gasteiger partial charge in [0, 0.05) is 4.47 Å². The third-order valence-corrected chi connectivity index (χ3v) is 7.57. The number of alkyl halides is 6. The van der Waals surface area contributed by atoms with Gasteiger partial charge in [-0.2, -0.15) is 26.3 Å². The molecule has 226 valence electrons. The van der Waals surface area contributed by atoms with E-state index in [4.69, 9.17) is 13.6 Å². The van der Waals surface area contributed by atoms with Crippen molar-refractivity contribution in [3.8, 4) is 5.75 Å². The molecule has 0 aliphatic carbocycles. The quantitative estimate of drug-likeness (QED) is 0.133. The van der Waals surface area contributed by atoms with E-state index in [0.717, 1.165) is 6.07 Å². The fraction of sp³-hybridized carbons (Fsp3) is 0.138.